The molecule has 2 fully saturated rings. The molecule has 1 amide bonds. The molecule has 0 N–H and O–H groups in total. The van der Waals surface area contributed by atoms with Crippen LogP contribution in [0.4, 0.5) is 4.79 Å². The van der Waals surface area contributed by atoms with Gasteiger partial charge in [0, 0.05) is 6.54 Å². The standard InChI is InChI=1S/C13H21NO3/c1-12(2,3)17-11(16)14-6-8-10(9(14)7-15)13(8,4)5/h7-10H,6H2,1-5H3/t8-,9+,10-/m0/s1. The van der Waals surface area contributed by atoms with Crippen LogP contribution in [-0.2, 0) is 9.53 Å². The van der Waals surface area contributed by atoms with Crippen LogP contribution in [0.5, 0.6) is 0 Å². The van der Waals surface area contributed by atoms with Gasteiger partial charge in [-0.15, -0.1) is 0 Å². The van der Waals surface area contributed by atoms with Crippen molar-refractivity contribution in [3.05, 3.63) is 0 Å². The molecule has 1 saturated carbocycles. The van der Waals surface area contributed by atoms with E-state index in [2.05, 4.69) is 13.8 Å². The first kappa shape index (κ1) is 12.4. The van der Waals surface area contributed by atoms with Crippen LogP contribution in [0.2, 0.25) is 0 Å². The molecule has 4 heteroatoms. The molecular weight excluding hydrogens is 218 g/mol. The van der Waals surface area contributed by atoms with Crippen LogP contribution in [0.15, 0.2) is 0 Å². The van der Waals surface area contributed by atoms with Crippen LogP contribution in [-0.4, -0.2) is 35.5 Å². The Bertz CT molecular complexity index is 356. The number of ether oxygens (including phenoxy) is 1. The molecule has 0 aromatic rings. The first-order valence-corrected chi connectivity index (χ1v) is 6.13. The average molecular weight is 239 g/mol. The second-order valence-electron chi connectivity index (χ2n) is 6.71. The van der Waals surface area contributed by atoms with E-state index in [1.54, 1.807) is 4.90 Å². The largest absolute Gasteiger partial charge is 0.444 e. The highest BCUT2D eigenvalue weighted by molar-refractivity contribution is 5.76. The Morgan fingerprint density at radius 1 is 1.41 bits per heavy atom. The summed E-state index contributed by atoms with van der Waals surface area (Å²) in [7, 11) is 0. The number of likely N-dealkylation sites (tertiary alicyclic amines) is 1. The van der Waals surface area contributed by atoms with Gasteiger partial charge in [-0.1, -0.05) is 13.8 Å². The molecule has 3 atom stereocenters. The van der Waals surface area contributed by atoms with E-state index in [1.807, 2.05) is 20.8 Å². The van der Waals surface area contributed by atoms with Crippen molar-refractivity contribution >= 4 is 12.4 Å². The third-order valence-electron chi connectivity index (χ3n) is 4.03. The highest BCUT2D eigenvalue weighted by atomic mass is 16.6. The third-order valence-corrected chi connectivity index (χ3v) is 4.03. The van der Waals surface area contributed by atoms with Gasteiger partial charge in [0.15, 0.2) is 0 Å². The van der Waals surface area contributed by atoms with Gasteiger partial charge in [-0.3, -0.25) is 4.90 Å². The number of hydrogen-bond acceptors (Lipinski definition) is 3. The lowest BCUT2D eigenvalue weighted by atomic mass is 10.0. The quantitative estimate of drug-likeness (QED) is 0.658. The number of nitrogens with zero attached hydrogens (tertiary/aromatic N) is 1. The summed E-state index contributed by atoms with van der Waals surface area (Å²) in [6.07, 6.45) is 0.529. The number of carbonyl (C=O) groups excluding carboxylic acids is 2. The van der Waals surface area contributed by atoms with Crippen molar-refractivity contribution in [2.45, 2.75) is 46.3 Å². The predicted molar refractivity (Wildman–Crippen MR) is 63.6 cm³/mol. The van der Waals surface area contributed by atoms with Crippen molar-refractivity contribution in [3.63, 3.8) is 0 Å². The van der Waals surface area contributed by atoms with E-state index in [0.717, 1.165) is 6.29 Å². The second kappa shape index (κ2) is 3.47. The molecule has 1 aliphatic heterocycles. The minimum Gasteiger partial charge on any atom is -0.444 e. The number of fused-ring (bicyclic) bond motifs is 1. The van der Waals surface area contributed by atoms with Crippen molar-refractivity contribution < 1.29 is 14.3 Å². The highest BCUT2D eigenvalue weighted by Crippen LogP contribution is 2.64. The van der Waals surface area contributed by atoms with Crippen molar-refractivity contribution in [1.82, 2.24) is 4.90 Å². The molecule has 0 unspecified atom stereocenters. The first-order valence-electron chi connectivity index (χ1n) is 6.13. The maximum Gasteiger partial charge on any atom is 0.410 e. The Hall–Kier alpha value is -1.06. The number of amides is 1. The Morgan fingerprint density at radius 3 is 2.47 bits per heavy atom. The fourth-order valence-corrected chi connectivity index (χ4v) is 3.02. The molecular formula is C13H21NO3. The zero-order valence-corrected chi connectivity index (χ0v) is 11.2. The van der Waals surface area contributed by atoms with E-state index in [1.165, 1.54) is 0 Å². The van der Waals surface area contributed by atoms with E-state index < -0.39 is 5.60 Å². The second-order valence-corrected chi connectivity index (χ2v) is 6.71. The lowest BCUT2D eigenvalue weighted by Gasteiger charge is -2.30. The summed E-state index contributed by atoms with van der Waals surface area (Å²) in [5.41, 5.74) is -0.309. The smallest absolute Gasteiger partial charge is 0.410 e. The summed E-state index contributed by atoms with van der Waals surface area (Å²) < 4.78 is 5.32. The summed E-state index contributed by atoms with van der Waals surface area (Å²) in [5, 5.41) is 0. The normalized spacial score (nSPS) is 34.2. The first-order chi connectivity index (χ1) is 7.68. The number of hydrogen-bond donors (Lipinski definition) is 0. The van der Waals surface area contributed by atoms with E-state index >= 15 is 0 Å². The zero-order valence-electron chi connectivity index (χ0n) is 11.2. The van der Waals surface area contributed by atoms with Crippen molar-refractivity contribution in [3.8, 4) is 0 Å². The number of aldehydes is 1. The Kier molecular flexibility index (Phi) is 2.53. The Morgan fingerprint density at radius 2 is 2.00 bits per heavy atom. The topological polar surface area (TPSA) is 46.6 Å². The Balaban J connectivity index is 2.05. The van der Waals surface area contributed by atoms with Gasteiger partial charge in [0.1, 0.15) is 11.9 Å². The Labute approximate surface area is 102 Å². The summed E-state index contributed by atoms with van der Waals surface area (Å²) >= 11 is 0. The van der Waals surface area contributed by atoms with Crippen LogP contribution >= 0.6 is 0 Å². The van der Waals surface area contributed by atoms with Gasteiger partial charge in [0.05, 0.1) is 6.04 Å². The predicted octanol–water partition coefficient (Wildman–Crippen LogP) is 2.08. The van der Waals surface area contributed by atoms with Gasteiger partial charge in [0.25, 0.3) is 0 Å². The third kappa shape index (κ3) is 1.94. The van der Waals surface area contributed by atoms with Crippen LogP contribution in [0.25, 0.3) is 0 Å². The van der Waals surface area contributed by atoms with Crippen LogP contribution in [0, 0.1) is 17.3 Å². The monoisotopic (exact) mass is 239 g/mol. The van der Waals surface area contributed by atoms with Crippen LogP contribution in [0.1, 0.15) is 34.6 Å². The molecule has 0 radical (unpaired) electrons. The minimum atomic E-state index is -0.507. The van der Waals surface area contributed by atoms with E-state index in [-0.39, 0.29) is 17.6 Å². The number of carbonyl (C=O) groups is 2. The minimum absolute atomic E-state index is 0.199. The fourth-order valence-electron chi connectivity index (χ4n) is 3.02. The van der Waals surface area contributed by atoms with Crippen molar-refractivity contribution in [2.24, 2.45) is 17.3 Å². The van der Waals surface area contributed by atoms with Crippen LogP contribution < -0.4 is 0 Å². The number of piperidine rings is 1. The van der Waals surface area contributed by atoms with Gasteiger partial charge in [0.2, 0.25) is 0 Å². The van der Waals surface area contributed by atoms with Gasteiger partial charge < -0.3 is 9.53 Å². The molecule has 4 nitrogen and oxygen atoms in total. The molecule has 0 aromatic carbocycles. The molecule has 1 aliphatic carbocycles. The summed E-state index contributed by atoms with van der Waals surface area (Å²) in [6, 6.07) is -0.301. The molecule has 1 saturated heterocycles. The fraction of sp³-hybridized carbons (Fsp3) is 0.846. The SMILES string of the molecule is CC(C)(C)OC(=O)N1C[C@H]2[C@@H]([C@H]1C=O)C2(C)C. The van der Waals surface area contributed by atoms with E-state index in [0.29, 0.717) is 18.4 Å². The molecule has 17 heavy (non-hydrogen) atoms. The molecule has 0 aromatic heterocycles. The lowest BCUT2D eigenvalue weighted by Crippen LogP contribution is -2.44. The van der Waals surface area contributed by atoms with E-state index in [4.69, 9.17) is 4.74 Å². The van der Waals surface area contributed by atoms with Gasteiger partial charge in [-0.2, -0.15) is 0 Å². The zero-order chi connectivity index (χ0) is 13.0. The summed E-state index contributed by atoms with van der Waals surface area (Å²) in [5.74, 6) is 0.762. The molecule has 2 rings (SSSR count). The lowest BCUT2D eigenvalue weighted by molar-refractivity contribution is -0.112. The van der Waals surface area contributed by atoms with Crippen molar-refractivity contribution in [2.75, 3.05) is 6.54 Å². The maximum absolute atomic E-state index is 12.0. The molecule has 2 aliphatic rings. The molecule has 0 spiro atoms. The highest BCUT2D eigenvalue weighted by Gasteiger charge is 2.68. The molecule has 0 bridgehead atoms. The summed E-state index contributed by atoms with van der Waals surface area (Å²) in [4.78, 5) is 24.7. The van der Waals surface area contributed by atoms with Gasteiger partial charge >= 0.3 is 6.09 Å². The van der Waals surface area contributed by atoms with E-state index in [9.17, 15) is 9.59 Å². The molecule has 96 valence electrons. The van der Waals surface area contributed by atoms with Crippen LogP contribution in [0.3, 0.4) is 0 Å². The van der Waals surface area contributed by atoms with Gasteiger partial charge in [-0.05, 0) is 38.0 Å². The van der Waals surface area contributed by atoms with Crippen molar-refractivity contribution in [1.29, 1.82) is 0 Å². The average Bonchev–Trinajstić information content (AvgIpc) is 2.59. The summed E-state index contributed by atoms with van der Waals surface area (Å²) in [6.45, 7) is 10.5. The maximum atomic E-state index is 12.0. The molecule has 1 heterocycles. The number of rotatable bonds is 1. The van der Waals surface area contributed by atoms with Gasteiger partial charge in [-0.25, -0.2) is 4.79 Å².